The Balaban J connectivity index is 0. The SMILES string of the molecule is CCCCCCOP(=O)([O-])OCCO.[Na+]. The van der Waals surface area contributed by atoms with E-state index < -0.39 is 7.82 Å². The van der Waals surface area contributed by atoms with Gasteiger partial charge in [0.2, 0.25) is 0 Å². The van der Waals surface area contributed by atoms with Crippen molar-refractivity contribution in [3.63, 3.8) is 0 Å². The van der Waals surface area contributed by atoms with Gasteiger partial charge < -0.3 is 19.0 Å². The quantitative estimate of drug-likeness (QED) is 0.292. The third-order valence-electron chi connectivity index (χ3n) is 1.59. The molecule has 0 aliphatic rings. The summed E-state index contributed by atoms with van der Waals surface area (Å²) in [5, 5.41) is 8.33. The largest absolute Gasteiger partial charge is 1.00 e. The summed E-state index contributed by atoms with van der Waals surface area (Å²) in [5.74, 6) is 0. The third kappa shape index (κ3) is 13.0. The molecular formula is C8H18NaO5P. The minimum atomic E-state index is -4.17. The molecule has 1 unspecified atom stereocenters. The van der Waals surface area contributed by atoms with Gasteiger partial charge in [0.15, 0.2) is 0 Å². The zero-order chi connectivity index (χ0) is 10.9. The van der Waals surface area contributed by atoms with Gasteiger partial charge in [-0.15, -0.1) is 0 Å². The first kappa shape index (κ1) is 18.4. The van der Waals surface area contributed by atoms with Crippen molar-refractivity contribution in [2.75, 3.05) is 19.8 Å². The minimum Gasteiger partial charge on any atom is -0.756 e. The molecule has 7 heteroatoms. The standard InChI is InChI=1S/C8H19O5P.Na/c1-2-3-4-5-7-12-14(10,11)13-8-6-9;/h9H,2-8H2,1H3,(H,10,11);/q;+1/p-1. The van der Waals surface area contributed by atoms with E-state index in [1.807, 2.05) is 0 Å². The molecule has 0 heterocycles. The van der Waals surface area contributed by atoms with Gasteiger partial charge in [0.25, 0.3) is 7.82 Å². The van der Waals surface area contributed by atoms with Crippen molar-refractivity contribution in [2.45, 2.75) is 32.6 Å². The maximum atomic E-state index is 10.9. The summed E-state index contributed by atoms with van der Waals surface area (Å²) in [5.41, 5.74) is 0. The van der Waals surface area contributed by atoms with E-state index in [0.717, 1.165) is 19.3 Å². The van der Waals surface area contributed by atoms with Crippen LogP contribution in [0.4, 0.5) is 0 Å². The summed E-state index contributed by atoms with van der Waals surface area (Å²) in [6, 6.07) is 0. The maximum absolute atomic E-state index is 10.9. The molecule has 0 rings (SSSR count). The van der Waals surface area contributed by atoms with E-state index >= 15 is 0 Å². The first-order valence-electron chi connectivity index (χ1n) is 4.83. The summed E-state index contributed by atoms with van der Waals surface area (Å²) in [6.07, 6.45) is 3.83. The van der Waals surface area contributed by atoms with Crippen LogP contribution in [0.5, 0.6) is 0 Å². The van der Waals surface area contributed by atoms with Crippen molar-refractivity contribution in [1.29, 1.82) is 0 Å². The minimum absolute atomic E-state index is 0. The van der Waals surface area contributed by atoms with E-state index in [9.17, 15) is 9.46 Å². The van der Waals surface area contributed by atoms with Crippen LogP contribution in [0.2, 0.25) is 0 Å². The second-order valence-electron chi connectivity index (χ2n) is 2.90. The molecule has 0 aromatic heterocycles. The Kier molecular flexibility index (Phi) is 14.2. The van der Waals surface area contributed by atoms with Crippen LogP contribution in [-0.4, -0.2) is 24.9 Å². The fraction of sp³-hybridized carbons (Fsp3) is 1.00. The van der Waals surface area contributed by atoms with Gasteiger partial charge in [0, 0.05) is 0 Å². The van der Waals surface area contributed by atoms with E-state index in [4.69, 9.17) is 5.11 Å². The zero-order valence-corrected chi connectivity index (χ0v) is 12.4. The Hall–Kier alpha value is 1.07. The van der Waals surface area contributed by atoms with Crippen molar-refractivity contribution in [3.05, 3.63) is 0 Å². The monoisotopic (exact) mass is 248 g/mol. The number of hydrogen-bond acceptors (Lipinski definition) is 5. The number of phosphoric ester groups is 1. The first-order valence-corrected chi connectivity index (χ1v) is 6.29. The topological polar surface area (TPSA) is 78.8 Å². The van der Waals surface area contributed by atoms with Crippen molar-refractivity contribution in [3.8, 4) is 0 Å². The Morgan fingerprint density at radius 1 is 1.20 bits per heavy atom. The normalized spacial score (nSPS) is 14.3. The van der Waals surface area contributed by atoms with Gasteiger partial charge in [-0.3, -0.25) is 4.57 Å². The van der Waals surface area contributed by atoms with Gasteiger partial charge in [-0.05, 0) is 6.42 Å². The zero-order valence-electron chi connectivity index (χ0n) is 9.48. The summed E-state index contributed by atoms with van der Waals surface area (Å²) in [4.78, 5) is 10.9. The van der Waals surface area contributed by atoms with Crippen molar-refractivity contribution >= 4 is 7.82 Å². The molecular weight excluding hydrogens is 230 g/mol. The number of phosphoric acid groups is 1. The Morgan fingerprint density at radius 3 is 2.33 bits per heavy atom. The van der Waals surface area contributed by atoms with E-state index in [2.05, 4.69) is 16.0 Å². The van der Waals surface area contributed by atoms with E-state index in [0.29, 0.717) is 6.42 Å². The van der Waals surface area contributed by atoms with Crippen molar-refractivity contribution < 1.29 is 53.2 Å². The molecule has 0 aromatic rings. The molecule has 0 aliphatic carbocycles. The number of hydrogen-bond donors (Lipinski definition) is 1. The number of unbranched alkanes of at least 4 members (excludes halogenated alkanes) is 3. The van der Waals surface area contributed by atoms with E-state index in [1.165, 1.54) is 0 Å². The summed E-state index contributed by atoms with van der Waals surface area (Å²) in [6.45, 7) is 1.66. The molecule has 1 atom stereocenters. The second-order valence-corrected chi connectivity index (χ2v) is 4.31. The van der Waals surface area contributed by atoms with Gasteiger partial charge >= 0.3 is 29.6 Å². The van der Waals surface area contributed by atoms with Crippen LogP contribution >= 0.6 is 7.82 Å². The van der Waals surface area contributed by atoms with Crippen LogP contribution in [0.3, 0.4) is 0 Å². The number of aliphatic hydroxyl groups excluding tert-OH is 1. The molecule has 5 nitrogen and oxygen atoms in total. The molecule has 15 heavy (non-hydrogen) atoms. The molecule has 0 spiro atoms. The Bertz CT molecular complexity index is 178. The van der Waals surface area contributed by atoms with Gasteiger partial charge in [-0.25, -0.2) is 0 Å². The Morgan fingerprint density at radius 2 is 1.80 bits per heavy atom. The van der Waals surface area contributed by atoms with Crippen LogP contribution < -0.4 is 34.5 Å². The van der Waals surface area contributed by atoms with Crippen molar-refractivity contribution in [1.82, 2.24) is 0 Å². The molecule has 0 fully saturated rings. The molecule has 0 bridgehead atoms. The van der Waals surface area contributed by atoms with Gasteiger partial charge in [-0.2, -0.15) is 0 Å². The molecule has 86 valence electrons. The van der Waals surface area contributed by atoms with E-state index in [1.54, 1.807) is 0 Å². The third-order valence-corrected chi connectivity index (χ3v) is 2.59. The first-order chi connectivity index (χ1) is 6.62. The number of rotatable bonds is 9. The molecule has 0 saturated heterocycles. The van der Waals surface area contributed by atoms with Gasteiger partial charge in [0.1, 0.15) is 0 Å². The fourth-order valence-electron chi connectivity index (χ4n) is 0.895. The van der Waals surface area contributed by atoms with Crippen LogP contribution in [0.25, 0.3) is 0 Å². The maximum Gasteiger partial charge on any atom is 1.00 e. The summed E-state index contributed by atoms with van der Waals surface area (Å²) in [7, 11) is -4.17. The molecule has 0 radical (unpaired) electrons. The predicted octanol–water partition coefficient (Wildman–Crippen LogP) is -1.94. The molecule has 1 N–H and O–H groups in total. The van der Waals surface area contributed by atoms with Crippen LogP contribution in [-0.2, 0) is 13.6 Å². The van der Waals surface area contributed by atoms with Crippen molar-refractivity contribution in [2.24, 2.45) is 0 Å². The number of aliphatic hydroxyl groups is 1. The molecule has 0 aliphatic heterocycles. The molecule has 0 amide bonds. The smallest absolute Gasteiger partial charge is 0.756 e. The average molecular weight is 248 g/mol. The van der Waals surface area contributed by atoms with Gasteiger partial charge in [-0.1, -0.05) is 26.2 Å². The second kappa shape index (κ2) is 11.6. The van der Waals surface area contributed by atoms with Crippen LogP contribution in [0.1, 0.15) is 32.6 Å². The van der Waals surface area contributed by atoms with Crippen LogP contribution in [0.15, 0.2) is 0 Å². The van der Waals surface area contributed by atoms with Crippen LogP contribution in [0, 0.1) is 0 Å². The summed E-state index contributed by atoms with van der Waals surface area (Å²) >= 11 is 0. The van der Waals surface area contributed by atoms with Gasteiger partial charge in [0.05, 0.1) is 19.8 Å². The summed E-state index contributed by atoms with van der Waals surface area (Å²) < 4.78 is 19.8. The molecule has 0 aromatic carbocycles. The Labute approximate surface area is 113 Å². The molecule has 0 saturated carbocycles. The fourth-order valence-corrected chi connectivity index (χ4v) is 1.63. The van der Waals surface area contributed by atoms with E-state index in [-0.39, 0.29) is 49.4 Å². The average Bonchev–Trinajstić information content (AvgIpc) is 2.15. The predicted molar refractivity (Wildman–Crippen MR) is 50.7 cm³/mol.